The van der Waals surface area contributed by atoms with Crippen LogP contribution in [0.5, 0.6) is 0 Å². The van der Waals surface area contributed by atoms with E-state index in [0.29, 0.717) is 12.5 Å². The Bertz CT molecular complexity index is 376. The zero-order valence-corrected chi connectivity index (χ0v) is 12.7. The largest absolute Gasteiger partial charge is 0.377 e. The molecule has 2 rings (SSSR count). The lowest BCUT2D eigenvalue weighted by Gasteiger charge is -2.34. The normalized spacial score (nSPS) is 36.5. The van der Waals surface area contributed by atoms with Gasteiger partial charge in [-0.25, -0.2) is 8.42 Å². The fourth-order valence-corrected chi connectivity index (χ4v) is 5.74. The van der Waals surface area contributed by atoms with Gasteiger partial charge in [0.2, 0.25) is 0 Å². The first-order chi connectivity index (χ1) is 9.03. The van der Waals surface area contributed by atoms with Gasteiger partial charge in [-0.1, -0.05) is 19.8 Å². The maximum Gasteiger partial charge on any atom is 0.157 e. The van der Waals surface area contributed by atoms with Crippen LogP contribution in [0.4, 0.5) is 0 Å². The highest BCUT2D eigenvalue weighted by Crippen LogP contribution is 2.32. The van der Waals surface area contributed by atoms with Crippen LogP contribution in [0.15, 0.2) is 0 Å². The molecule has 2 fully saturated rings. The van der Waals surface area contributed by atoms with Crippen molar-refractivity contribution in [2.75, 3.05) is 12.4 Å². The van der Waals surface area contributed by atoms with E-state index in [1.807, 2.05) is 0 Å². The Morgan fingerprint density at radius 1 is 1.26 bits per heavy atom. The molecule has 0 aromatic carbocycles. The number of hydrogen-bond acceptors (Lipinski definition) is 4. The fraction of sp³-hybridized carbons (Fsp3) is 1.00. The molecule has 0 bridgehead atoms. The SMILES string of the molecule is CCCC1CCC(N)C(S(=O)(=O)CC2CCCO2)C1. The van der Waals surface area contributed by atoms with Crippen molar-refractivity contribution >= 4 is 9.84 Å². The standard InChI is InChI=1S/C14H27NO3S/c1-2-4-11-6-7-13(15)14(9-11)19(16,17)10-12-5-3-8-18-12/h11-14H,2-10,15H2,1H3. The lowest BCUT2D eigenvalue weighted by Crippen LogP contribution is -2.47. The summed E-state index contributed by atoms with van der Waals surface area (Å²) in [5.41, 5.74) is 6.08. The van der Waals surface area contributed by atoms with Crippen LogP contribution in [0.1, 0.15) is 51.9 Å². The lowest BCUT2D eigenvalue weighted by atomic mass is 9.83. The maximum atomic E-state index is 12.5. The Balaban J connectivity index is 1.99. The van der Waals surface area contributed by atoms with Crippen LogP contribution in [-0.4, -0.2) is 38.2 Å². The summed E-state index contributed by atoms with van der Waals surface area (Å²) in [4.78, 5) is 0. The highest BCUT2D eigenvalue weighted by atomic mass is 32.2. The van der Waals surface area contributed by atoms with E-state index in [1.54, 1.807) is 0 Å². The Hall–Kier alpha value is -0.130. The lowest BCUT2D eigenvalue weighted by molar-refractivity contribution is 0.127. The molecule has 1 aliphatic heterocycles. The van der Waals surface area contributed by atoms with Crippen molar-refractivity contribution in [1.29, 1.82) is 0 Å². The smallest absolute Gasteiger partial charge is 0.157 e. The molecule has 1 saturated heterocycles. The van der Waals surface area contributed by atoms with E-state index in [9.17, 15) is 8.42 Å². The van der Waals surface area contributed by atoms with Gasteiger partial charge in [-0.05, 0) is 38.0 Å². The fourth-order valence-electron chi connectivity index (χ4n) is 3.48. The molecule has 19 heavy (non-hydrogen) atoms. The molecule has 1 aliphatic carbocycles. The molecule has 0 amide bonds. The average molecular weight is 289 g/mol. The van der Waals surface area contributed by atoms with Crippen LogP contribution in [0.3, 0.4) is 0 Å². The van der Waals surface area contributed by atoms with E-state index in [-0.39, 0.29) is 23.1 Å². The molecule has 0 aromatic heterocycles. The van der Waals surface area contributed by atoms with Crippen molar-refractivity contribution < 1.29 is 13.2 Å². The third kappa shape index (κ3) is 3.92. The van der Waals surface area contributed by atoms with Gasteiger partial charge in [0, 0.05) is 12.6 Å². The Morgan fingerprint density at radius 3 is 2.68 bits per heavy atom. The van der Waals surface area contributed by atoms with Crippen molar-refractivity contribution in [3.05, 3.63) is 0 Å². The molecule has 0 spiro atoms. The van der Waals surface area contributed by atoms with Crippen LogP contribution < -0.4 is 5.73 Å². The number of ether oxygens (including phenoxy) is 1. The first-order valence-electron chi connectivity index (χ1n) is 7.61. The summed E-state index contributed by atoms with van der Waals surface area (Å²) in [6, 6.07) is -0.181. The van der Waals surface area contributed by atoms with E-state index < -0.39 is 9.84 Å². The number of sulfone groups is 1. The second kappa shape index (κ2) is 6.55. The molecule has 1 saturated carbocycles. The predicted octanol–water partition coefficient (Wildman–Crippen LogP) is 1.88. The van der Waals surface area contributed by atoms with Gasteiger partial charge in [0.1, 0.15) is 0 Å². The average Bonchev–Trinajstić information content (AvgIpc) is 2.84. The second-order valence-electron chi connectivity index (χ2n) is 6.13. The molecule has 112 valence electrons. The summed E-state index contributed by atoms with van der Waals surface area (Å²) >= 11 is 0. The summed E-state index contributed by atoms with van der Waals surface area (Å²) in [5.74, 6) is 0.707. The quantitative estimate of drug-likeness (QED) is 0.839. The predicted molar refractivity (Wildman–Crippen MR) is 76.8 cm³/mol. The first-order valence-corrected chi connectivity index (χ1v) is 9.33. The van der Waals surface area contributed by atoms with Gasteiger partial charge in [-0.3, -0.25) is 0 Å². The van der Waals surface area contributed by atoms with Gasteiger partial charge in [0.05, 0.1) is 17.1 Å². The summed E-state index contributed by atoms with van der Waals surface area (Å²) in [6.45, 7) is 2.86. The third-order valence-electron chi connectivity index (χ3n) is 4.55. The molecule has 2 aliphatic rings. The number of rotatable bonds is 5. The minimum absolute atomic E-state index is 0.0937. The number of hydrogen-bond donors (Lipinski definition) is 1. The zero-order chi connectivity index (χ0) is 13.9. The third-order valence-corrected chi connectivity index (χ3v) is 6.85. The van der Waals surface area contributed by atoms with Gasteiger partial charge in [-0.15, -0.1) is 0 Å². The minimum Gasteiger partial charge on any atom is -0.377 e. The minimum atomic E-state index is -3.12. The van der Waals surface area contributed by atoms with Gasteiger partial charge in [-0.2, -0.15) is 0 Å². The maximum absolute atomic E-state index is 12.5. The second-order valence-corrected chi connectivity index (χ2v) is 8.40. The van der Waals surface area contributed by atoms with E-state index in [1.165, 1.54) is 0 Å². The van der Waals surface area contributed by atoms with Gasteiger partial charge >= 0.3 is 0 Å². The molecular formula is C14H27NO3S. The Labute approximate surface area is 117 Å². The molecule has 4 unspecified atom stereocenters. The Kier molecular flexibility index (Phi) is 5.26. The van der Waals surface area contributed by atoms with Crippen LogP contribution in [0.25, 0.3) is 0 Å². The summed E-state index contributed by atoms with van der Waals surface area (Å²) in [6.07, 6.45) is 6.70. The van der Waals surface area contributed by atoms with Crippen LogP contribution in [-0.2, 0) is 14.6 Å². The van der Waals surface area contributed by atoms with Gasteiger partial charge in [0.25, 0.3) is 0 Å². The van der Waals surface area contributed by atoms with E-state index in [0.717, 1.165) is 44.9 Å². The van der Waals surface area contributed by atoms with Crippen LogP contribution in [0, 0.1) is 5.92 Å². The number of nitrogens with two attached hydrogens (primary N) is 1. The van der Waals surface area contributed by atoms with Crippen LogP contribution >= 0.6 is 0 Å². The van der Waals surface area contributed by atoms with Crippen molar-refractivity contribution in [2.45, 2.75) is 69.3 Å². The molecule has 1 heterocycles. The van der Waals surface area contributed by atoms with Crippen molar-refractivity contribution in [2.24, 2.45) is 11.7 Å². The van der Waals surface area contributed by atoms with Gasteiger partial charge < -0.3 is 10.5 Å². The highest BCUT2D eigenvalue weighted by molar-refractivity contribution is 7.92. The molecule has 0 aromatic rings. The molecule has 0 radical (unpaired) electrons. The van der Waals surface area contributed by atoms with Crippen molar-refractivity contribution in [3.63, 3.8) is 0 Å². The highest BCUT2D eigenvalue weighted by Gasteiger charge is 2.38. The van der Waals surface area contributed by atoms with E-state index in [4.69, 9.17) is 10.5 Å². The summed E-state index contributed by atoms with van der Waals surface area (Å²) < 4.78 is 30.6. The molecule has 2 N–H and O–H groups in total. The molecule has 4 nitrogen and oxygen atoms in total. The summed E-state index contributed by atoms with van der Waals surface area (Å²) in [7, 11) is -3.12. The molecule has 4 atom stereocenters. The van der Waals surface area contributed by atoms with Crippen molar-refractivity contribution in [1.82, 2.24) is 0 Å². The monoisotopic (exact) mass is 289 g/mol. The molecule has 5 heteroatoms. The van der Waals surface area contributed by atoms with E-state index >= 15 is 0 Å². The van der Waals surface area contributed by atoms with Crippen LogP contribution in [0.2, 0.25) is 0 Å². The van der Waals surface area contributed by atoms with Crippen molar-refractivity contribution in [3.8, 4) is 0 Å². The van der Waals surface area contributed by atoms with Gasteiger partial charge in [0.15, 0.2) is 9.84 Å². The molecular weight excluding hydrogens is 262 g/mol. The first kappa shape index (κ1) is 15.3. The Morgan fingerprint density at radius 2 is 2.05 bits per heavy atom. The van der Waals surface area contributed by atoms with E-state index in [2.05, 4.69) is 6.92 Å². The zero-order valence-electron chi connectivity index (χ0n) is 11.9. The topological polar surface area (TPSA) is 69.4 Å². The summed E-state index contributed by atoms with van der Waals surface area (Å²) in [5, 5.41) is -0.345.